The lowest BCUT2D eigenvalue weighted by molar-refractivity contribution is -0.118. The van der Waals surface area contributed by atoms with Crippen LogP contribution in [0.3, 0.4) is 0 Å². The first-order valence-electron chi connectivity index (χ1n) is 10.3. The van der Waals surface area contributed by atoms with E-state index in [-0.39, 0.29) is 18.4 Å². The van der Waals surface area contributed by atoms with Crippen molar-refractivity contribution in [2.24, 2.45) is 5.73 Å². The minimum absolute atomic E-state index is 0.0236. The third kappa shape index (κ3) is 6.97. The summed E-state index contributed by atoms with van der Waals surface area (Å²) in [5, 5.41) is 2.81. The topological polar surface area (TPSA) is 84.7 Å². The lowest BCUT2D eigenvalue weighted by atomic mass is 10.1. The zero-order chi connectivity index (χ0) is 21.9. The second-order valence-electron chi connectivity index (χ2n) is 7.08. The molecule has 0 fully saturated rings. The lowest BCUT2D eigenvalue weighted by Crippen LogP contribution is -2.32. The Balaban J connectivity index is 1.57. The van der Waals surface area contributed by atoms with Gasteiger partial charge in [-0.2, -0.15) is 0 Å². The molecule has 0 radical (unpaired) electrons. The van der Waals surface area contributed by atoms with E-state index in [0.29, 0.717) is 36.6 Å². The molecule has 160 valence electrons. The van der Waals surface area contributed by atoms with Crippen LogP contribution in [0.15, 0.2) is 84.9 Å². The van der Waals surface area contributed by atoms with E-state index in [2.05, 4.69) is 5.32 Å². The van der Waals surface area contributed by atoms with Gasteiger partial charge in [-0.1, -0.05) is 48.5 Å². The van der Waals surface area contributed by atoms with Crippen molar-refractivity contribution in [1.82, 2.24) is 4.90 Å². The molecule has 0 unspecified atom stereocenters. The van der Waals surface area contributed by atoms with Gasteiger partial charge in [0.05, 0.1) is 0 Å². The van der Waals surface area contributed by atoms with Gasteiger partial charge in [-0.15, -0.1) is 0 Å². The Bertz CT molecular complexity index is 960. The van der Waals surface area contributed by atoms with E-state index >= 15 is 0 Å². The van der Waals surface area contributed by atoms with Gasteiger partial charge in [-0.05, 0) is 54.9 Å². The highest BCUT2D eigenvalue weighted by Gasteiger charge is 2.15. The number of carbonyl (C=O) groups is 2. The van der Waals surface area contributed by atoms with E-state index in [1.54, 1.807) is 17.0 Å². The summed E-state index contributed by atoms with van der Waals surface area (Å²) < 4.78 is 5.46. The summed E-state index contributed by atoms with van der Waals surface area (Å²) >= 11 is 0. The Labute approximate surface area is 182 Å². The Morgan fingerprint density at radius 2 is 1.52 bits per heavy atom. The third-order valence-corrected chi connectivity index (χ3v) is 4.66. The maximum Gasteiger partial charge on any atom is 0.262 e. The van der Waals surface area contributed by atoms with Crippen LogP contribution < -0.4 is 15.8 Å². The molecule has 0 aliphatic heterocycles. The molecule has 6 nitrogen and oxygen atoms in total. The number of hydrogen-bond donors (Lipinski definition) is 2. The number of carbonyl (C=O) groups excluding carboxylic acids is 2. The Morgan fingerprint density at radius 1 is 0.871 bits per heavy atom. The van der Waals surface area contributed by atoms with Crippen molar-refractivity contribution in [1.29, 1.82) is 0 Å². The number of rotatable bonds is 10. The summed E-state index contributed by atoms with van der Waals surface area (Å²) in [7, 11) is 0. The molecule has 0 bridgehead atoms. The summed E-state index contributed by atoms with van der Waals surface area (Å²) in [4.78, 5) is 26.8. The van der Waals surface area contributed by atoms with Crippen LogP contribution >= 0.6 is 0 Å². The summed E-state index contributed by atoms with van der Waals surface area (Å²) in [5.41, 5.74) is 7.95. The fourth-order valence-corrected chi connectivity index (χ4v) is 3.07. The number of ether oxygens (including phenoxy) is 1. The summed E-state index contributed by atoms with van der Waals surface area (Å²) in [6.07, 6.45) is 0.730. The molecule has 2 amide bonds. The largest absolute Gasteiger partial charge is 0.484 e. The number of nitrogens with zero attached hydrogens (tertiary/aromatic N) is 1. The SMILES string of the molecule is NCCCN(Cc1ccc(NC(=O)COc2ccccc2)cc1)C(=O)c1ccccc1. The van der Waals surface area contributed by atoms with Gasteiger partial charge < -0.3 is 20.7 Å². The van der Waals surface area contributed by atoms with Crippen LogP contribution in [0.2, 0.25) is 0 Å². The van der Waals surface area contributed by atoms with Gasteiger partial charge in [-0.25, -0.2) is 0 Å². The van der Waals surface area contributed by atoms with E-state index < -0.39 is 0 Å². The first-order valence-corrected chi connectivity index (χ1v) is 10.3. The van der Waals surface area contributed by atoms with Crippen molar-refractivity contribution in [2.45, 2.75) is 13.0 Å². The van der Waals surface area contributed by atoms with Crippen LogP contribution in [0.4, 0.5) is 5.69 Å². The average Bonchev–Trinajstić information content (AvgIpc) is 2.82. The zero-order valence-electron chi connectivity index (χ0n) is 17.4. The Kier molecular flexibility index (Phi) is 8.20. The first-order chi connectivity index (χ1) is 15.2. The number of nitrogens with one attached hydrogen (secondary N) is 1. The van der Waals surface area contributed by atoms with Crippen LogP contribution in [-0.4, -0.2) is 36.4 Å². The van der Waals surface area contributed by atoms with Gasteiger partial charge >= 0.3 is 0 Å². The van der Waals surface area contributed by atoms with Crippen LogP contribution in [-0.2, 0) is 11.3 Å². The number of benzene rings is 3. The van der Waals surface area contributed by atoms with Crippen molar-refractivity contribution >= 4 is 17.5 Å². The molecule has 0 saturated carbocycles. The molecule has 3 aromatic carbocycles. The fourth-order valence-electron chi connectivity index (χ4n) is 3.07. The highest BCUT2D eigenvalue weighted by Crippen LogP contribution is 2.15. The van der Waals surface area contributed by atoms with Crippen LogP contribution in [0, 0.1) is 0 Å². The fraction of sp³-hybridized carbons (Fsp3) is 0.200. The van der Waals surface area contributed by atoms with Crippen LogP contribution in [0.25, 0.3) is 0 Å². The summed E-state index contributed by atoms with van der Waals surface area (Å²) in [6, 6.07) is 25.9. The minimum Gasteiger partial charge on any atom is -0.484 e. The molecule has 0 aliphatic carbocycles. The number of para-hydroxylation sites is 1. The maximum atomic E-state index is 12.9. The molecule has 6 heteroatoms. The molecule has 0 aliphatic rings. The van der Waals surface area contributed by atoms with E-state index in [0.717, 1.165) is 12.0 Å². The van der Waals surface area contributed by atoms with E-state index in [1.807, 2.05) is 72.8 Å². The van der Waals surface area contributed by atoms with E-state index in [4.69, 9.17) is 10.5 Å². The molecule has 0 saturated heterocycles. The second kappa shape index (κ2) is 11.5. The normalized spacial score (nSPS) is 10.4. The standard InChI is InChI=1S/C25H27N3O3/c26-16-7-17-28(25(30)21-8-3-1-4-9-21)18-20-12-14-22(15-13-20)27-24(29)19-31-23-10-5-2-6-11-23/h1-6,8-15H,7,16-19,26H2,(H,27,29). The first kappa shape index (κ1) is 22.1. The number of anilines is 1. The smallest absolute Gasteiger partial charge is 0.262 e. The Morgan fingerprint density at radius 3 is 2.16 bits per heavy atom. The van der Waals surface area contributed by atoms with Gasteiger partial charge in [0.2, 0.25) is 0 Å². The summed E-state index contributed by atoms with van der Waals surface area (Å²) in [5.74, 6) is 0.388. The van der Waals surface area contributed by atoms with Gasteiger partial charge in [0.25, 0.3) is 11.8 Å². The quantitative estimate of drug-likeness (QED) is 0.527. The molecule has 0 aromatic heterocycles. The molecular formula is C25H27N3O3. The number of nitrogens with two attached hydrogens (primary N) is 1. The second-order valence-corrected chi connectivity index (χ2v) is 7.08. The molecule has 3 N–H and O–H groups in total. The predicted octanol–water partition coefficient (Wildman–Crippen LogP) is 3.70. The molecule has 0 atom stereocenters. The molecule has 31 heavy (non-hydrogen) atoms. The zero-order valence-corrected chi connectivity index (χ0v) is 17.4. The van der Waals surface area contributed by atoms with Gasteiger partial charge in [0, 0.05) is 24.3 Å². The van der Waals surface area contributed by atoms with Gasteiger partial charge in [0.1, 0.15) is 5.75 Å². The van der Waals surface area contributed by atoms with Crippen molar-refractivity contribution in [2.75, 3.05) is 25.0 Å². The molecule has 0 spiro atoms. The van der Waals surface area contributed by atoms with Crippen molar-refractivity contribution in [3.8, 4) is 5.75 Å². The van der Waals surface area contributed by atoms with Crippen molar-refractivity contribution in [3.05, 3.63) is 96.1 Å². The van der Waals surface area contributed by atoms with E-state index in [9.17, 15) is 9.59 Å². The van der Waals surface area contributed by atoms with Crippen molar-refractivity contribution in [3.63, 3.8) is 0 Å². The average molecular weight is 418 g/mol. The van der Waals surface area contributed by atoms with E-state index in [1.165, 1.54) is 0 Å². The highest BCUT2D eigenvalue weighted by atomic mass is 16.5. The monoisotopic (exact) mass is 417 g/mol. The van der Waals surface area contributed by atoms with Gasteiger partial charge in [0.15, 0.2) is 6.61 Å². The minimum atomic E-state index is -0.236. The third-order valence-electron chi connectivity index (χ3n) is 4.66. The van der Waals surface area contributed by atoms with Crippen molar-refractivity contribution < 1.29 is 14.3 Å². The lowest BCUT2D eigenvalue weighted by Gasteiger charge is -2.23. The van der Waals surface area contributed by atoms with Crippen LogP contribution in [0.1, 0.15) is 22.3 Å². The number of hydrogen-bond acceptors (Lipinski definition) is 4. The molecule has 0 heterocycles. The summed E-state index contributed by atoms with van der Waals surface area (Å²) in [6.45, 7) is 1.51. The van der Waals surface area contributed by atoms with Gasteiger partial charge in [-0.3, -0.25) is 9.59 Å². The molecule has 3 rings (SSSR count). The Hall–Kier alpha value is -3.64. The number of amides is 2. The maximum absolute atomic E-state index is 12.9. The predicted molar refractivity (Wildman–Crippen MR) is 122 cm³/mol. The van der Waals surface area contributed by atoms with Crippen LogP contribution in [0.5, 0.6) is 5.75 Å². The highest BCUT2D eigenvalue weighted by molar-refractivity contribution is 5.94. The molecule has 3 aromatic rings. The molecular weight excluding hydrogens is 390 g/mol.